The molecular formula is C17H20N4O2. The van der Waals surface area contributed by atoms with Crippen LogP contribution in [0.1, 0.15) is 29.8 Å². The number of carbonyl (C=O) groups excluding carboxylic acids is 1. The number of rotatable bonds is 3. The van der Waals surface area contributed by atoms with Crippen molar-refractivity contribution in [2.24, 2.45) is 5.73 Å². The number of amides is 1. The molecule has 3 rings (SSSR count). The van der Waals surface area contributed by atoms with E-state index >= 15 is 0 Å². The lowest BCUT2D eigenvalue weighted by molar-refractivity contribution is 0.0615. The smallest absolute Gasteiger partial charge is 0.274 e. The van der Waals surface area contributed by atoms with Gasteiger partial charge in [0.15, 0.2) is 0 Å². The first-order valence-corrected chi connectivity index (χ1v) is 7.87. The van der Waals surface area contributed by atoms with Crippen molar-refractivity contribution in [2.75, 3.05) is 13.1 Å². The Kier molecular flexibility index (Phi) is 4.52. The third-order valence-corrected chi connectivity index (χ3v) is 4.18. The SMILES string of the molecule is NCC1CCCCN1C(=O)c1ccc(=O)n(-c2ccccc2)n1. The maximum atomic E-state index is 12.8. The number of hydrogen-bond donors (Lipinski definition) is 1. The summed E-state index contributed by atoms with van der Waals surface area (Å²) in [5.74, 6) is -0.162. The van der Waals surface area contributed by atoms with Crippen LogP contribution in [0.15, 0.2) is 47.3 Å². The average molecular weight is 312 g/mol. The zero-order valence-corrected chi connectivity index (χ0v) is 12.9. The van der Waals surface area contributed by atoms with Gasteiger partial charge in [0.25, 0.3) is 11.5 Å². The molecule has 2 heterocycles. The molecule has 1 aromatic heterocycles. The van der Waals surface area contributed by atoms with Gasteiger partial charge in [0.05, 0.1) is 5.69 Å². The molecule has 1 saturated heterocycles. The van der Waals surface area contributed by atoms with Crippen molar-refractivity contribution in [1.82, 2.24) is 14.7 Å². The minimum Gasteiger partial charge on any atom is -0.333 e. The summed E-state index contributed by atoms with van der Waals surface area (Å²) in [6.07, 6.45) is 2.98. The van der Waals surface area contributed by atoms with Gasteiger partial charge in [-0.15, -0.1) is 0 Å². The molecule has 6 heteroatoms. The average Bonchev–Trinajstić information content (AvgIpc) is 2.62. The van der Waals surface area contributed by atoms with E-state index in [4.69, 9.17) is 5.73 Å². The molecule has 1 aromatic carbocycles. The van der Waals surface area contributed by atoms with Gasteiger partial charge in [0.1, 0.15) is 5.69 Å². The molecule has 0 spiro atoms. The van der Waals surface area contributed by atoms with Crippen molar-refractivity contribution >= 4 is 5.91 Å². The highest BCUT2D eigenvalue weighted by atomic mass is 16.2. The van der Waals surface area contributed by atoms with E-state index in [1.165, 1.54) is 16.8 Å². The molecule has 1 fully saturated rings. The van der Waals surface area contributed by atoms with E-state index in [9.17, 15) is 9.59 Å². The molecule has 120 valence electrons. The van der Waals surface area contributed by atoms with Gasteiger partial charge < -0.3 is 10.6 Å². The molecule has 0 aliphatic carbocycles. The van der Waals surface area contributed by atoms with Crippen molar-refractivity contribution in [1.29, 1.82) is 0 Å². The molecular weight excluding hydrogens is 292 g/mol. The Hall–Kier alpha value is -2.47. The lowest BCUT2D eigenvalue weighted by Crippen LogP contribution is -2.48. The molecule has 23 heavy (non-hydrogen) atoms. The van der Waals surface area contributed by atoms with Gasteiger partial charge >= 0.3 is 0 Å². The fourth-order valence-corrected chi connectivity index (χ4v) is 2.94. The van der Waals surface area contributed by atoms with E-state index in [-0.39, 0.29) is 23.2 Å². The van der Waals surface area contributed by atoms with Crippen LogP contribution in [-0.4, -0.2) is 39.7 Å². The van der Waals surface area contributed by atoms with Crippen molar-refractivity contribution in [3.05, 3.63) is 58.5 Å². The highest BCUT2D eigenvalue weighted by Crippen LogP contribution is 2.18. The van der Waals surface area contributed by atoms with Gasteiger partial charge in [0, 0.05) is 25.2 Å². The van der Waals surface area contributed by atoms with Crippen LogP contribution in [0.5, 0.6) is 0 Å². The lowest BCUT2D eigenvalue weighted by Gasteiger charge is -2.34. The summed E-state index contributed by atoms with van der Waals surface area (Å²) in [7, 11) is 0. The Morgan fingerprint density at radius 3 is 2.70 bits per heavy atom. The first-order valence-electron chi connectivity index (χ1n) is 7.87. The Morgan fingerprint density at radius 2 is 1.96 bits per heavy atom. The topological polar surface area (TPSA) is 81.2 Å². The van der Waals surface area contributed by atoms with Gasteiger partial charge in [-0.1, -0.05) is 18.2 Å². The third kappa shape index (κ3) is 3.17. The van der Waals surface area contributed by atoms with Crippen LogP contribution in [0.3, 0.4) is 0 Å². The molecule has 1 unspecified atom stereocenters. The molecule has 6 nitrogen and oxygen atoms in total. The molecule has 1 aliphatic rings. The second-order valence-electron chi connectivity index (χ2n) is 5.69. The van der Waals surface area contributed by atoms with Crippen LogP contribution in [0.4, 0.5) is 0 Å². The summed E-state index contributed by atoms with van der Waals surface area (Å²) < 4.78 is 1.26. The van der Waals surface area contributed by atoms with E-state index in [1.807, 2.05) is 18.2 Å². The molecule has 1 aliphatic heterocycles. The minimum atomic E-state index is -0.262. The lowest BCUT2D eigenvalue weighted by atomic mass is 10.0. The van der Waals surface area contributed by atoms with Gasteiger partial charge in [0.2, 0.25) is 0 Å². The van der Waals surface area contributed by atoms with E-state index in [2.05, 4.69) is 5.10 Å². The normalized spacial score (nSPS) is 18.0. The van der Waals surface area contributed by atoms with Crippen molar-refractivity contribution < 1.29 is 4.79 Å². The van der Waals surface area contributed by atoms with E-state index < -0.39 is 0 Å². The Morgan fingerprint density at radius 1 is 1.17 bits per heavy atom. The second-order valence-corrected chi connectivity index (χ2v) is 5.69. The van der Waals surface area contributed by atoms with Crippen LogP contribution in [-0.2, 0) is 0 Å². The van der Waals surface area contributed by atoms with Crippen LogP contribution in [0, 0.1) is 0 Å². The summed E-state index contributed by atoms with van der Waals surface area (Å²) in [6, 6.07) is 12.0. The van der Waals surface area contributed by atoms with Gasteiger partial charge in [-0.3, -0.25) is 9.59 Å². The second kappa shape index (κ2) is 6.75. The number of benzene rings is 1. The number of carbonyl (C=O) groups is 1. The molecule has 0 radical (unpaired) electrons. The number of nitrogens with zero attached hydrogens (tertiary/aromatic N) is 3. The molecule has 1 atom stereocenters. The van der Waals surface area contributed by atoms with Crippen molar-refractivity contribution in [2.45, 2.75) is 25.3 Å². The maximum Gasteiger partial charge on any atom is 0.274 e. The molecule has 0 bridgehead atoms. The maximum absolute atomic E-state index is 12.8. The van der Waals surface area contributed by atoms with E-state index in [0.29, 0.717) is 18.8 Å². The van der Waals surface area contributed by atoms with Crippen LogP contribution in [0.2, 0.25) is 0 Å². The number of aromatic nitrogens is 2. The van der Waals surface area contributed by atoms with E-state index in [1.54, 1.807) is 17.0 Å². The first-order chi connectivity index (χ1) is 11.2. The van der Waals surface area contributed by atoms with Crippen LogP contribution < -0.4 is 11.3 Å². The number of hydrogen-bond acceptors (Lipinski definition) is 4. The number of likely N-dealkylation sites (tertiary alicyclic amines) is 1. The molecule has 1 amide bonds. The van der Waals surface area contributed by atoms with Gasteiger partial charge in [-0.05, 0) is 37.5 Å². The number of piperidine rings is 1. The molecule has 2 N–H and O–H groups in total. The van der Waals surface area contributed by atoms with Crippen molar-refractivity contribution in [3.63, 3.8) is 0 Å². The van der Waals surface area contributed by atoms with E-state index in [0.717, 1.165) is 19.3 Å². The van der Waals surface area contributed by atoms with Crippen LogP contribution in [0.25, 0.3) is 5.69 Å². The Bertz CT molecular complexity index is 742. The fraction of sp³-hybridized carbons (Fsp3) is 0.353. The number of nitrogens with two attached hydrogens (primary N) is 1. The minimum absolute atomic E-state index is 0.0511. The summed E-state index contributed by atoms with van der Waals surface area (Å²) in [6.45, 7) is 1.14. The molecule has 0 saturated carbocycles. The van der Waals surface area contributed by atoms with Gasteiger partial charge in [-0.25, -0.2) is 0 Å². The summed E-state index contributed by atoms with van der Waals surface area (Å²) >= 11 is 0. The molecule has 2 aromatic rings. The summed E-state index contributed by atoms with van der Waals surface area (Å²) in [5, 5.41) is 4.26. The predicted molar refractivity (Wildman–Crippen MR) is 87.6 cm³/mol. The summed E-state index contributed by atoms with van der Waals surface area (Å²) in [5.41, 5.74) is 6.43. The summed E-state index contributed by atoms with van der Waals surface area (Å²) in [4.78, 5) is 26.6. The Labute approximate surface area is 134 Å². The zero-order valence-electron chi connectivity index (χ0n) is 12.9. The quantitative estimate of drug-likeness (QED) is 0.923. The fourth-order valence-electron chi connectivity index (χ4n) is 2.94. The van der Waals surface area contributed by atoms with Gasteiger partial charge in [-0.2, -0.15) is 9.78 Å². The zero-order chi connectivity index (χ0) is 16.2. The first kappa shape index (κ1) is 15.4. The highest BCUT2D eigenvalue weighted by molar-refractivity contribution is 5.92. The van der Waals surface area contributed by atoms with Crippen LogP contribution >= 0.6 is 0 Å². The third-order valence-electron chi connectivity index (χ3n) is 4.18. The largest absolute Gasteiger partial charge is 0.333 e. The van der Waals surface area contributed by atoms with Crippen molar-refractivity contribution in [3.8, 4) is 5.69 Å². The highest BCUT2D eigenvalue weighted by Gasteiger charge is 2.27. The predicted octanol–water partition coefficient (Wildman–Crippen LogP) is 1.19. The monoisotopic (exact) mass is 312 g/mol. The standard InChI is InChI=1S/C17H20N4O2/c18-12-14-8-4-5-11-20(14)17(23)15-9-10-16(22)21(19-15)13-6-2-1-3-7-13/h1-3,6-7,9-10,14H,4-5,8,11-12,18H2. The Balaban J connectivity index is 1.94. The number of para-hydroxylation sites is 1.